The van der Waals surface area contributed by atoms with Crippen molar-refractivity contribution in [1.82, 2.24) is 0 Å². The average molecular weight is 214 g/mol. The zero-order valence-corrected chi connectivity index (χ0v) is 11.7. The van der Waals surface area contributed by atoms with Crippen LogP contribution in [-0.2, 0) is 0 Å². The summed E-state index contributed by atoms with van der Waals surface area (Å²) in [5.41, 5.74) is 0. The molecule has 0 radical (unpaired) electrons. The Hall–Kier alpha value is 0.492. The Bertz CT molecular complexity index is 80.4. The maximum atomic E-state index is 10.4. The quantitative estimate of drug-likeness (QED) is 0.597. The van der Waals surface area contributed by atoms with Crippen LogP contribution in [0.3, 0.4) is 0 Å². The van der Waals surface area contributed by atoms with E-state index in [1.165, 1.54) is 23.4 Å². The van der Waals surface area contributed by atoms with Crippen LogP contribution in [0.5, 0.6) is 0 Å². The van der Waals surface area contributed by atoms with Crippen LogP contribution in [0.25, 0.3) is 0 Å². The summed E-state index contributed by atoms with van der Waals surface area (Å²) in [5.74, 6) is 0.449. The first-order chi connectivity index (χ1) is 6.76. The minimum absolute atomic E-state index is 0.122. The molecule has 0 spiro atoms. The van der Waals surface area contributed by atoms with E-state index < -0.39 is 0 Å². The van der Waals surface area contributed by atoms with Gasteiger partial charge in [-0.1, -0.05) is 45.4 Å². The molecule has 0 aliphatic heterocycles. The van der Waals surface area contributed by atoms with Crippen molar-refractivity contribution in [1.29, 1.82) is 0 Å². The van der Waals surface area contributed by atoms with Crippen LogP contribution < -0.4 is 5.11 Å². The van der Waals surface area contributed by atoms with Crippen molar-refractivity contribution in [2.24, 2.45) is 5.92 Å². The molecule has 0 aromatic carbocycles. The van der Waals surface area contributed by atoms with Crippen molar-refractivity contribution < 1.29 is 5.11 Å². The van der Waals surface area contributed by atoms with Gasteiger partial charge >= 0.3 is 39.6 Å². The van der Waals surface area contributed by atoms with E-state index in [1.807, 2.05) is 0 Å². The van der Waals surface area contributed by atoms with Crippen LogP contribution in [-0.4, -0.2) is 21.8 Å². The molecule has 0 N–H and O–H groups in total. The van der Waals surface area contributed by atoms with Gasteiger partial charge in [0.25, 0.3) is 0 Å². The van der Waals surface area contributed by atoms with Gasteiger partial charge in [-0.2, -0.15) is 0 Å². The molecule has 1 atom stereocenters. The molecule has 14 heavy (non-hydrogen) atoms. The topological polar surface area (TPSA) is 23.1 Å². The predicted octanol–water partition coefficient (Wildman–Crippen LogP) is 3.13. The van der Waals surface area contributed by atoms with E-state index >= 15 is 0 Å². The zero-order chi connectivity index (χ0) is 11.2. The SMILES string of the molecule is CCCCC(CC)C[O-].C[CH2][Al+][CH2]C. The second-order valence-corrected chi connectivity index (χ2v) is 5.90. The van der Waals surface area contributed by atoms with Gasteiger partial charge < -0.3 is 5.11 Å². The predicted molar refractivity (Wildman–Crippen MR) is 64.9 cm³/mol. The molecule has 0 aromatic rings. The molecule has 0 aromatic heterocycles. The molecule has 0 saturated heterocycles. The summed E-state index contributed by atoms with van der Waals surface area (Å²) < 4.78 is 0. The van der Waals surface area contributed by atoms with Gasteiger partial charge in [-0.15, -0.1) is 6.61 Å². The van der Waals surface area contributed by atoms with Crippen molar-refractivity contribution in [3.8, 4) is 0 Å². The Labute approximate surface area is 97.0 Å². The molecule has 0 rings (SSSR count). The third-order valence-corrected chi connectivity index (χ3v) is 3.51. The van der Waals surface area contributed by atoms with E-state index in [9.17, 15) is 5.11 Å². The first-order valence-corrected chi connectivity index (χ1v) is 7.79. The summed E-state index contributed by atoms with van der Waals surface area (Å²) in [6.07, 6.45) is 4.64. The molecule has 0 fully saturated rings. The molecule has 84 valence electrons. The molecule has 1 unspecified atom stereocenters. The van der Waals surface area contributed by atoms with E-state index in [-0.39, 0.29) is 6.61 Å². The van der Waals surface area contributed by atoms with Gasteiger partial charge in [-0.3, -0.25) is 0 Å². The third kappa shape index (κ3) is 15.0. The zero-order valence-electron chi connectivity index (χ0n) is 10.5. The number of hydrogen-bond acceptors (Lipinski definition) is 1. The maximum absolute atomic E-state index is 10.4. The van der Waals surface area contributed by atoms with Gasteiger partial charge in [0.15, 0.2) is 0 Å². The third-order valence-electron chi connectivity index (χ3n) is 2.36. The molecule has 1 nitrogen and oxygen atoms in total. The van der Waals surface area contributed by atoms with Gasteiger partial charge in [0, 0.05) is 0 Å². The normalized spacial score (nSPS) is 11.2. The first kappa shape index (κ1) is 16.9. The molecule has 0 aliphatic rings. The fraction of sp³-hybridized carbons (Fsp3) is 1.00. The molecule has 0 amide bonds. The van der Waals surface area contributed by atoms with Gasteiger partial charge in [0.05, 0.1) is 0 Å². The number of hydrogen-bond donors (Lipinski definition) is 0. The van der Waals surface area contributed by atoms with Gasteiger partial charge in [-0.05, 0) is 0 Å². The Morgan fingerprint density at radius 2 is 1.64 bits per heavy atom. The second kappa shape index (κ2) is 15.9. The van der Waals surface area contributed by atoms with Gasteiger partial charge in [0.1, 0.15) is 0 Å². The number of unbranched alkanes of at least 4 members (excludes halogenated alkanes) is 1. The van der Waals surface area contributed by atoms with Crippen LogP contribution in [0.1, 0.15) is 53.4 Å². The molecule has 0 heterocycles. The van der Waals surface area contributed by atoms with Crippen LogP contribution in [0.4, 0.5) is 0 Å². The van der Waals surface area contributed by atoms with Gasteiger partial charge in [0.2, 0.25) is 0 Å². The standard InChI is InChI=1S/C8H17O.2C2H5.Al/c1-3-5-6-8(4-2)7-9;2*1-2;/h8H,3-7H2,1-2H3;2*1H2,2H3;/q-1;;;+1. The van der Waals surface area contributed by atoms with Gasteiger partial charge in [-0.25, -0.2) is 0 Å². The van der Waals surface area contributed by atoms with Crippen molar-refractivity contribution in [3.63, 3.8) is 0 Å². The Morgan fingerprint density at radius 3 is 1.86 bits per heavy atom. The van der Waals surface area contributed by atoms with Crippen molar-refractivity contribution in [2.45, 2.75) is 63.9 Å². The summed E-state index contributed by atoms with van der Waals surface area (Å²) in [4.78, 5) is 0. The van der Waals surface area contributed by atoms with Crippen LogP contribution in [0, 0.1) is 5.92 Å². The minimum atomic E-state index is 0.122. The summed E-state index contributed by atoms with van der Waals surface area (Å²) in [7, 11) is 0. The molecule has 0 bridgehead atoms. The molecular formula is C12H27AlO. The summed E-state index contributed by atoms with van der Waals surface area (Å²) in [6, 6.07) is 0. The van der Waals surface area contributed by atoms with E-state index in [0.717, 1.165) is 28.1 Å². The number of rotatable bonds is 7. The Morgan fingerprint density at radius 1 is 1.07 bits per heavy atom. The summed E-state index contributed by atoms with van der Waals surface area (Å²) >= 11 is 0.815. The second-order valence-electron chi connectivity index (χ2n) is 3.69. The average Bonchev–Trinajstić information content (AvgIpc) is 2.22. The monoisotopic (exact) mass is 214 g/mol. The molecule has 0 saturated carbocycles. The molecule has 0 aliphatic carbocycles. The van der Waals surface area contributed by atoms with Crippen LogP contribution in [0.15, 0.2) is 0 Å². The molecular weight excluding hydrogens is 187 g/mol. The van der Waals surface area contributed by atoms with Crippen molar-refractivity contribution >= 4 is 15.2 Å². The fourth-order valence-corrected chi connectivity index (χ4v) is 1.76. The van der Waals surface area contributed by atoms with Crippen LogP contribution in [0.2, 0.25) is 10.6 Å². The van der Waals surface area contributed by atoms with E-state index in [0.29, 0.717) is 5.92 Å². The first-order valence-electron chi connectivity index (χ1n) is 6.16. The Kier molecular flexibility index (Phi) is 19.3. The van der Waals surface area contributed by atoms with E-state index in [2.05, 4.69) is 27.7 Å². The molecule has 2 heteroatoms. The fourth-order valence-electron chi connectivity index (χ4n) is 1.19. The van der Waals surface area contributed by atoms with Crippen LogP contribution >= 0.6 is 0 Å². The Balaban J connectivity index is 0. The summed E-state index contributed by atoms with van der Waals surface area (Å²) in [6.45, 7) is 8.88. The van der Waals surface area contributed by atoms with E-state index in [1.54, 1.807) is 0 Å². The summed E-state index contributed by atoms with van der Waals surface area (Å²) in [5, 5.41) is 13.2. The van der Waals surface area contributed by atoms with Crippen molar-refractivity contribution in [3.05, 3.63) is 0 Å². The van der Waals surface area contributed by atoms with E-state index in [4.69, 9.17) is 0 Å². The van der Waals surface area contributed by atoms with Crippen molar-refractivity contribution in [2.75, 3.05) is 6.61 Å².